The molecule has 0 unspecified atom stereocenters. The van der Waals surface area contributed by atoms with Crippen LogP contribution < -0.4 is 0 Å². The third-order valence-electron chi connectivity index (χ3n) is 6.29. The molecule has 0 heterocycles. The summed E-state index contributed by atoms with van der Waals surface area (Å²) < 4.78 is 6.78. The smallest absolute Gasteiger partial charge is 0.0723 e. The van der Waals surface area contributed by atoms with E-state index in [1.807, 2.05) is 97.1 Å². The topological polar surface area (TPSA) is 0 Å². The molecule has 0 aromatic rings. The zero-order chi connectivity index (χ0) is 31.2. The van der Waals surface area contributed by atoms with E-state index in [0.717, 1.165) is 47.8 Å². The molecule has 8 rings (SSSR count). The summed E-state index contributed by atoms with van der Waals surface area (Å²) in [5.74, 6) is 0. The zero-order valence-electron chi connectivity index (χ0n) is 25.4. The van der Waals surface area contributed by atoms with Gasteiger partial charge in [-0.05, 0) is 0 Å². The molecule has 0 bridgehead atoms. The molecular weight excluding hydrogens is 932 g/mol. The second-order valence-corrected chi connectivity index (χ2v) is 9.03. The van der Waals surface area contributed by atoms with E-state index >= 15 is 0 Å². The summed E-state index contributed by atoms with van der Waals surface area (Å²) in [4.78, 5) is 0. The van der Waals surface area contributed by atoms with Gasteiger partial charge in [-0.25, -0.2) is 0 Å². The van der Waals surface area contributed by atoms with Crippen molar-refractivity contribution in [3.63, 3.8) is 0 Å². The van der Waals surface area contributed by atoms with E-state index in [1.54, 1.807) is 0 Å². The van der Waals surface area contributed by atoms with E-state index in [-0.39, 0.29) is 24.8 Å². The van der Waals surface area contributed by atoms with E-state index in [4.69, 9.17) is 0 Å². The van der Waals surface area contributed by atoms with Crippen LogP contribution in [0.2, 0.25) is 0 Å². The van der Waals surface area contributed by atoms with Crippen molar-refractivity contribution in [2.24, 2.45) is 0 Å². The van der Waals surface area contributed by atoms with Crippen LogP contribution in [-0.2, 0) is 47.8 Å². The molecule has 0 saturated carbocycles. The van der Waals surface area contributed by atoms with Crippen LogP contribution in [0.4, 0.5) is 0 Å². The van der Waals surface area contributed by atoms with Gasteiger partial charge in [0.25, 0.3) is 0 Å². The van der Waals surface area contributed by atoms with Gasteiger partial charge in [-0.2, -0.15) is 70.8 Å². The van der Waals surface area contributed by atoms with Crippen LogP contribution in [0.25, 0.3) is 44.5 Å². The van der Waals surface area contributed by atoms with Crippen molar-refractivity contribution in [1.29, 1.82) is 0 Å². The Morgan fingerprint density at radius 2 is 0.478 bits per heavy atom. The minimum atomic E-state index is 0. The Hall–Kier alpha value is -3.14. The first-order valence-corrected chi connectivity index (χ1v) is 19.1. The van der Waals surface area contributed by atoms with Gasteiger partial charge in [0.1, 0.15) is 0 Å². The van der Waals surface area contributed by atoms with Gasteiger partial charge in [0.05, 0.1) is 0 Å². The number of halogens is 2. The number of hydrogen-bond donors (Lipinski definition) is 0. The molecule has 0 N–H and O–H groups in total. The molecular formula is C42H34Cl2Hf2. The van der Waals surface area contributed by atoms with Crippen molar-refractivity contribution in [2.45, 2.75) is 0 Å². The first kappa shape index (κ1) is 40.9. The Bertz CT molecular complexity index is 1400. The average molecular weight is 967 g/mol. The Kier molecular flexibility index (Phi) is 22.2. The summed E-state index contributed by atoms with van der Waals surface area (Å²) in [5.41, 5.74) is 9.76. The summed E-state index contributed by atoms with van der Waals surface area (Å²) in [6, 6.07) is 69.6. The van der Waals surface area contributed by atoms with Crippen LogP contribution in [0.5, 0.6) is 0 Å². The average Bonchev–Trinajstić information content (AvgIpc) is 3.80. The maximum atomic E-state index is 3.39. The van der Waals surface area contributed by atoms with Crippen LogP contribution in [-0.4, -0.2) is 8.52 Å². The van der Waals surface area contributed by atoms with Gasteiger partial charge in [0.15, 0.2) is 0 Å². The van der Waals surface area contributed by atoms with E-state index < -0.39 is 0 Å². The Morgan fingerprint density at radius 3 is 0.696 bits per heavy atom. The molecule has 8 aliphatic rings. The summed E-state index contributed by atoms with van der Waals surface area (Å²) in [5, 5.41) is 0. The van der Waals surface area contributed by atoms with Crippen molar-refractivity contribution in [1.82, 2.24) is 0 Å². The second-order valence-electron chi connectivity index (χ2n) is 9.03. The standard InChI is InChI=1S/4C10H7.2CH2.2ClH.2Hf/c4*1-2-5-9-7-4-8-10(9)6-3-1;;;;;;/h4*1-7H;2*1H2;2*1H;;/q4*-1;;;;;2*+2. The summed E-state index contributed by atoms with van der Waals surface area (Å²) >= 11 is 2.11. The summed E-state index contributed by atoms with van der Waals surface area (Å²) in [6.45, 7) is 0. The molecule has 0 aliphatic heterocycles. The van der Waals surface area contributed by atoms with Gasteiger partial charge in [-0.3, -0.25) is 0 Å². The Balaban J connectivity index is 0.000000292. The molecule has 46 heavy (non-hydrogen) atoms. The molecule has 0 nitrogen and oxygen atoms in total. The maximum Gasteiger partial charge on any atom is -0.0723 e. The molecule has 0 atom stereocenters. The zero-order valence-corrected chi connectivity index (χ0v) is 34.2. The van der Waals surface area contributed by atoms with E-state index in [2.05, 4.69) is 106 Å². The summed E-state index contributed by atoms with van der Waals surface area (Å²) in [6.07, 6.45) is 0. The van der Waals surface area contributed by atoms with Gasteiger partial charge in [-0.1, -0.05) is 48.5 Å². The van der Waals surface area contributed by atoms with E-state index in [0.29, 0.717) is 0 Å². The van der Waals surface area contributed by atoms with Crippen molar-refractivity contribution >= 4 is 33.3 Å². The number of rotatable bonds is 0. The van der Waals surface area contributed by atoms with Crippen LogP contribution in [0.15, 0.2) is 170 Å². The van der Waals surface area contributed by atoms with Gasteiger partial charge in [-0.15, -0.1) is 144 Å². The minimum Gasteiger partial charge on any atom is -0.168 e. The molecule has 0 amide bonds. The first-order valence-electron chi connectivity index (χ1n) is 14.0. The Morgan fingerprint density at radius 1 is 0.283 bits per heavy atom. The number of hydrogen-bond acceptors (Lipinski definition) is 0. The van der Waals surface area contributed by atoms with Crippen molar-refractivity contribution < 1.29 is 47.8 Å². The van der Waals surface area contributed by atoms with Crippen LogP contribution in [0.3, 0.4) is 0 Å². The molecule has 0 radical (unpaired) electrons. The minimum absolute atomic E-state index is 0. The largest absolute Gasteiger partial charge is 0.168 e. The van der Waals surface area contributed by atoms with Crippen LogP contribution >= 0.6 is 24.8 Å². The molecule has 0 fully saturated rings. The first-order chi connectivity index (χ1) is 21.9. The van der Waals surface area contributed by atoms with Gasteiger partial charge in [0, 0.05) is 0 Å². The molecule has 0 aromatic heterocycles. The van der Waals surface area contributed by atoms with Gasteiger partial charge < -0.3 is 0 Å². The molecule has 4 heteroatoms. The van der Waals surface area contributed by atoms with Gasteiger partial charge in [0.2, 0.25) is 0 Å². The molecule has 0 spiro atoms. The predicted molar refractivity (Wildman–Crippen MR) is 196 cm³/mol. The summed E-state index contributed by atoms with van der Waals surface area (Å²) in [7, 11) is 0. The second kappa shape index (κ2) is 25.0. The fraction of sp³-hybridized carbons (Fsp3) is 0. The third kappa shape index (κ3) is 13.7. The fourth-order valence-corrected chi connectivity index (χ4v) is 4.24. The number of fused-ring (bicyclic) bond motifs is 4. The molecule has 0 saturated heterocycles. The normalized spacial score (nSPS) is 8.96. The van der Waals surface area contributed by atoms with Crippen LogP contribution in [0.1, 0.15) is 0 Å². The van der Waals surface area contributed by atoms with Crippen molar-refractivity contribution in [2.75, 3.05) is 0 Å². The predicted octanol–water partition coefficient (Wildman–Crippen LogP) is 11.1. The molecule has 0 aromatic carbocycles. The van der Waals surface area contributed by atoms with Crippen molar-refractivity contribution in [3.8, 4) is 44.5 Å². The van der Waals surface area contributed by atoms with Crippen molar-refractivity contribution in [3.05, 3.63) is 194 Å². The monoisotopic (exact) mass is 968 g/mol. The van der Waals surface area contributed by atoms with Crippen LogP contribution in [0, 0.1) is 24.3 Å². The van der Waals surface area contributed by atoms with E-state index in [1.165, 1.54) is 44.5 Å². The third-order valence-corrected chi connectivity index (χ3v) is 6.29. The van der Waals surface area contributed by atoms with E-state index in [9.17, 15) is 0 Å². The fourth-order valence-electron chi connectivity index (χ4n) is 4.24. The molecule has 8 aliphatic carbocycles. The molecule has 224 valence electrons. The van der Waals surface area contributed by atoms with Gasteiger partial charge >= 0.3 is 56.3 Å². The Labute approximate surface area is 316 Å². The maximum absolute atomic E-state index is 3.39. The quantitative estimate of drug-likeness (QED) is 0.105. The SMILES string of the molecule is Cl.Cl.[CH2]=[Hf+2].[CH2]=[Hf+2].[c-]1ccc2cccccc1-2.[c-]1ccc2cccccc1-2.[c-]1ccc2cccccc1-2.[c-]1ccc2cccccc1-2.